The van der Waals surface area contributed by atoms with Crippen LogP contribution in [-0.4, -0.2) is 56.1 Å². The maximum Gasteiger partial charge on any atom is 0.231 e. The molecule has 9 nitrogen and oxygen atoms in total. The molecule has 0 bridgehead atoms. The van der Waals surface area contributed by atoms with E-state index in [0.29, 0.717) is 54.9 Å². The molecule has 0 radical (unpaired) electrons. The lowest BCUT2D eigenvalue weighted by Gasteiger charge is -2.28. The molecule has 1 N–H and O–H groups in total. The number of benzene rings is 1. The standard InChI is InChI=1S/C21H23NO8/c1-12-7-15(23)19(25)20(30-12)14(10-18(24)22-3-5-27-6-4-22)13-8-16(26-2)21-17(9-13)28-11-29-21/h7-9,14,25H,3-6,10-11H2,1-2H3. The Hall–Kier alpha value is -3.20. The van der Waals surface area contributed by atoms with Crippen LogP contribution in [0.5, 0.6) is 23.0 Å². The Morgan fingerprint density at radius 3 is 2.73 bits per heavy atom. The van der Waals surface area contributed by atoms with E-state index in [1.54, 1.807) is 24.0 Å². The Balaban J connectivity index is 1.78. The quantitative estimate of drug-likeness (QED) is 0.784. The van der Waals surface area contributed by atoms with Gasteiger partial charge in [0.1, 0.15) is 5.76 Å². The maximum absolute atomic E-state index is 13.0. The Morgan fingerprint density at radius 1 is 1.23 bits per heavy atom. The molecule has 4 rings (SSSR count). The van der Waals surface area contributed by atoms with Crippen molar-refractivity contribution in [1.82, 2.24) is 4.90 Å². The Kier molecular flexibility index (Phi) is 5.54. The average molecular weight is 417 g/mol. The number of hydrogen-bond donors (Lipinski definition) is 1. The van der Waals surface area contributed by atoms with Gasteiger partial charge in [-0.25, -0.2) is 0 Å². The van der Waals surface area contributed by atoms with E-state index in [9.17, 15) is 14.7 Å². The van der Waals surface area contributed by atoms with Gasteiger partial charge in [0.05, 0.1) is 26.2 Å². The van der Waals surface area contributed by atoms with Gasteiger partial charge in [0.15, 0.2) is 17.3 Å². The number of amides is 1. The van der Waals surface area contributed by atoms with Crippen molar-refractivity contribution in [3.63, 3.8) is 0 Å². The number of carbonyl (C=O) groups is 1. The minimum atomic E-state index is -0.726. The van der Waals surface area contributed by atoms with Gasteiger partial charge in [-0.05, 0) is 24.6 Å². The van der Waals surface area contributed by atoms with E-state index >= 15 is 0 Å². The summed E-state index contributed by atoms with van der Waals surface area (Å²) in [6.45, 7) is 3.58. The lowest BCUT2D eigenvalue weighted by molar-refractivity contribution is -0.135. The van der Waals surface area contributed by atoms with Gasteiger partial charge in [0.25, 0.3) is 0 Å². The fourth-order valence-electron chi connectivity index (χ4n) is 3.69. The molecule has 1 amide bonds. The third-order valence-electron chi connectivity index (χ3n) is 5.21. The van der Waals surface area contributed by atoms with E-state index in [1.165, 1.54) is 13.2 Å². The minimum absolute atomic E-state index is 0.0112. The molecule has 0 saturated carbocycles. The largest absolute Gasteiger partial charge is 0.502 e. The average Bonchev–Trinajstić information content (AvgIpc) is 3.23. The van der Waals surface area contributed by atoms with Gasteiger partial charge in [-0.3, -0.25) is 9.59 Å². The zero-order chi connectivity index (χ0) is 21.3. The molecule has 3 heterocycles. The smallest absolute Gasteiger partial charge is 0.231 e. The fourth-order valence-corrected chi connectivity index (χ4v) is 3.69. The van der Waals surface area contributed by atoms with Crippen LogP contribution in [0.2, 0.25) is 0 Å². The minimum Gasteiger partial charge on any atom is -0.502 e. The predicted octanol–water partition coefficient (Wildman–Crippen LogP) is 1.77. The monoisotopic (exact) mass is 417 g/mol. The van der Waals surface area contributed by atoms with Gasteiger partial charge in [-0.15, -0.1) is 0 Å². The Labute approximate surface area is 172 Å². The van der Waals surface area contributed by atoms with Crippen molar-refractivity contribution >= 4 is 5.91 Å². The molecule has 1 unspecified atom stereocenters. The number of morpholine rings is 1. The van der Waals surface area contributed by atoms with Crippen molar-refractivity contribution < 1.29 is 33.3 Å². The summed E-state index contributed by atoms with van der Waals surface area (Å²) in [5, 5.41) is 10.5. The first kappa shape index (κ1) is 20.1. The molecule has 2 aliphatic rings. The SMILES string of the molecule is COc1cc(C(CC(=O)N2CCOCC2)c2oc(C)cc(=O)c2O)cc2c1OCO2. The third-order valence-corrected chi connectivity index (χ3v) is 5.21. The van der Waals surface area contributed by atoms with Gasteiger partial charge in [-0.2, -0.15) is 0 Å². The van der Waals surface area contributed by atoms with Crippen LogP contribution in [0, 0.1) is 6.92 Å². The molecule has 1 saturated heterocycles. The van der Waals surface area contributed by atoms with Crippen LogP contribution in [0.1, 0.15) is 29.4 Å². The number of aryl methyl sites for hydroxylation is 1. The topological polar surface area (TPSA) is 108 Å². The van der Waals surface area contributed by atoms with Gasteiger partial charge in [-0.1, -0.05) is 0 Å². The summed E-state index contributed by atoms with van der Waals surface area (Å²) < 4.78 is 27.4. The fraction of sp³-hybridized carbons (Fsp3) is 0.429. The molecule has 2 aromatic rings. The summed E-state index contributed by atoms with van der Waals surface area (Å²) in [6.07, 6.45) is -0.0112. The zero-order valence-electron chi connectivity index (χ0n) is 16.8. The molecular weight excluding hydrogens is 394 g/mol. The van der Waals surface area contributed by atoms with E-state index in [0.717, 1.165) is 0 Å². The molecule has 0 spiro atoms. The second kappa shape index (κ2) is 8.27. The number of rotatable bonds is 5. The number of nitrogens with zero attached hydrogens (tertiary/aromatic N) is 1. The predicted molar refractivity (Wildman–Crippen MR) is 104 cm³/mol. The molecule has 1 aromatic carbocycles. The van der Waals surface area contributed by atoms with Crippen LogP contribution >= 0.6 is 0 Å². The Bertz CT molecular complexity index is 1010. The normalized spacial score (nSPS) is 16.4. The first-order chi connectivity index (χ1) is 14.5. The Morgan fingerprint density at radius 2 is 2.00 bits per heavy atom. The number of ether oxygens (including phenoxy) is 4. The highest BCUT2D eigenvalue weighted by Crippen LogP contribution is 2.45. The van der Waals surface area contributed by atoms with Crippen LogP contribution in [0.15, 0.2) is 27.4 Å². The molecule has 1 atom stereocenters. The highest BCUT2D eigenvalue weighted by atomic mass is 16.7. The lowest BCUT2D eigenvalue weighted by atomic mass is 9.91. The number of methoxy groups -OCH3 is 1. The lowest BCUT2D eigenvalue weighted by Crippen LogP contribution is -2.41. The molecule has 1 fully saturated rings. The van der Waals surface area contributed by atoms with Gasteiger partial charge >= 0.3 is 0 Å². The second-order valence-corrected chi connectivity index (χ2v) is 7.14. The summed E-state index contributed by atoms with van der Waals surface area (Å²) >= 11 is 0. The zero-order valence-corrected chi connectivity index (χ0v) is 16.8. The van der Waals surface area contributed by atoms with Crippen molar-refractivity contribution in [2.24, 2.45) is 0 Å². The van der Waals surface area contributed by atoms with Crippen molar-refractivity contribution in [2.45, 2.75) is 19.3 Å². The highest BCUT2D eigenvalue weighted by molar-refractivity contribution is 5.78. The number of fused-ring (bicyclic) bond motifs is 1. The molecule has 9 heteroatoms. The van der Waals surface area contributed by atoms with Gasteiger partial charge in [0, 0.05) is 25.6 Å². The van der Waals surface area contributed by atoms with E-state index in [1.807, 2.05) is 0 Å². The van der Waals surface area contributed by atoms with E-state index < -0.39 is 17.1 Å². The third kappa shape index (κ3) is 3.80. The van der Waals surface area contributed by atoms with Gasteiger partial charge < -0.3 is 33.4 Å². The molecular formula is C21H23NO8. The van der Waals surface area contributed by atoms with Crippen molar-refractivity contribution in [1.29, 1.82) is 0 Å². The van der Waals surface area contributed by atoms with Gasteiger partial charge in [0.2, 0.25) is 29.6 Å². The van der Waals surface area contributed by atoms with E-state index in [4.69, 9.17) is 23.4 Å². The first-order valence-electron chi connectivity index (χ1n) is 9.64. The van der Waals surface area contributed by atoms with E-state index in [-0.39, 0.29) is 24.9 Å². The molecule has 160 valence electrons. The first-order valence-corrected chi connectivity index (χ1v) is 9.64. The summed E-state index contributed by atoms with van der Waals surface area (Å²) in [5.74, 6) is 0.346. The van der Waals surface area contributed by atoms with Crippen LogP contribution in [0.25, 0.3) is 0 Å². The van der Waals surface area contributed by atoms with Crippen molar-refractivity contribution in [3.05, 3.63) is 45.5 Å². The maximum atomic E-state index is 13.0. The van der Waals surface area contributed by atoms with E-state index in [2.05, 4.69) is 0 Å². The number of carbonyl (C=O) groups excluding carboxylic acids is 1. The van der Waals surface area contributed by atoms with Crippen LogP contribution in [0.3, 0.4) is 0 Å². The van der Waals surface area contributed by atoms with Crippen molar-refractivity contribution in [3.8, 4) is 23.0 Å². The summed E-state index contributed by atoms with van der Waals surface area (Å²) in [7, 11) is 1.50. The summed E-state index contributed by atoms with van der Waals surface area (Å²) in [4.78, 5) is 26.9. The second-order valence-electron chi connectivity index (χ2n) is 7.14. The van der Waals surface area contributed by atoms with Crippen molar-refractivity contribution in [2.75, 3.05) is 40.2 Å². The number of aromatic hydroxyl groups is 1. The number of hydrogen-bond acceptors (Lipinski definition) is 8. The molecule has 0 aliphatic carbocycles. The molecule has 1 aromatic heterocycles. The highest BCUT2D eigenvalue weighted by Gasteiger charge is 2.31. The summed E-state index contributed by atoms with van der Waals surface area (Å²) in [6, 6.07) is 4.62. The van der Waals surface area contributed by atoms with Crippen LogP contribution in [0.4, 0.5) is 0 Å². The van der Waals surface area contributed by atoms with Crippen LogP contribution < -0.4 is 19.6 Å². The van der Waals surface area contributed by atoms with Crippen LogP contribution in [-0.2, 0) is 9.53 Å². The summed E-state index contributed by atoms with van der Waals surface area (Å²) in [5.41, 5.74) is 0.0343. The molecule has 2 aliphatic heterocycles. The molecule has 30 heavy (non-hydrogen) atoms.